The summed E-state index contributed by atoms with van der Waals surface area (Å²) < 4.78 is 5.23. The van der Waals surface area contributed by atoms with E-state index in [1.165, 1.54) is 11.9 Å². The number of anilines is 3. The number of ether oxygens (including phenoxy) is 1. The van der Waals surface area contributed by atoms with Crippen molar-refractivity contribution in [2.24, 2.45) is 11.7 Å². The highest BCUT2D eigenvalue weighted by atomic mass is 16.5. The number of nitrogens with one attached hydrogen (secondary N) is 2. The van der Waals surface area contributed by atoms with Gasteiger partial charge in [0.15, 0.2) is 5.82 Å². The molecule has 0 bridgehead atoms. The molecule has 0 radical (unpaired) electrons. The van der Waals surface area contributed by atoms with Crippen LogP contribution in [0.4, 0.5) is 17.5 Å². The zero-order valence-corrected chi connectivity index (χ0v) is 17.6. The number of primary amides is 1. The Kier molecular flexibility index (Phi) is 6.59. The molecule has 0 saturated heterocycles. The number of hydrogen-bond donors (Lipinski definition) is 3. The number of carbonyl (C=O) groups excluding carboxylic acids is 2. The van der Waals surface area contributed by atoms with E-state index < -0.39 is 17.7 Å². The summed E-state index contributed by atoms with van der Waals surface area (Å²) in [7, 11) is 1.31. The molecule has 0 aliphatic heterocycles. The van der Waals surface area contributed by atoms with Gasteiger partial charge in [-0.3, -0.25) is 9.59 Å². The summed E-state index contributed by atoms with van der Waals surface area (Å²) in [5.41, 5.74) is 6.51. The monoisotopic (exact) mass is 435 g/mol. The number of amides is 1. The molecule has 32 heavy (non-hydrogen) atoms. The summed E-state index contributed by atoms with van der Waals surface area (Å²) in [6.45, 7) is 3.61. The zero-order valence-electron chi connectivity index (χ0n) is 17.6. The van der Waals surface area contributed by atoms with Crippen molar-refractivity contribution >= 4 is 29.1 Å². The van der Waals surface area contributed by atoms with Gasteiger partial charge in [0.2, 0.25) is 17.7 Å². The van der Waals surface area contributed by atoms with Gasteiger partial charge in [-0.05, 0) is 24.1 Å². The van der Waals surface area contributed by atoms with Gasteiger partial charge in [-0.1, -0.05) is 19.9 Å². The van der Waals surface area contributed by atoms with Crippen molar-refractivity contribution < 1.29 is 14.3 Å². The molecule has 3 aromatic rings. The lowest BCUT2D eigenvalue weighted by Gasteiger charge is -2.20. The molecule has 0 fully saturated rings. The molecule has 1 amide bonds. The molecule has 12 heteroatoms. The molecule has 0 saturated carbocycles. The van der Waals surface area contributed by atoms with Gasteiger partial charge in [-0.2, -0.15) is 30.2 Å². The van der Waals surface area contributed by atoms with Gasteiger partial charge in [0, 0.05) is 5.69 Å². The standard InChI is InChI=1S/C20H21N9O3/c1-11(2)16(17(22)31)26-20-27-18(15(14(30)10-21)19(28-20)32-3)25-12-5-4-6-13(9-12)29-23-7-8-24-29/h4-9,11,16H,1-3H3,(H2,22,31)(H2,25,26,27,28)/t16-/m1/s1. The lowest BCUT2D eigenvalue weighted by Crippen LogP contribution is -2.40. The highest BCUT2D eigenvalue weighted by molar-refractivity contribution is 6.12. The highest BCUT2D eigenvalue weighted by Crippen LogP contribution is 2.29. The SMILES string of the molecule is COc1nc(N[C@@H](C(N)=O)C(C)C)nc(Nc2cccc(-n3nccn3)c2)c1C(=O)C#N. The Morgan fingerprint density at radius 2 is 1.94 bits per heavy atom. The van der Waals surface area contributed by atoms with Crippen LogP contribution in [0.15, 0.2) is 36.7 Å². The Bertz CT molecular complexity index is 1170. The minimum atomic E-state index is -0.892. The van der Waals surface area contributed by atoms with E-state index in [4.69, 9.17) is 10.5 Å². The maximum atomic E-state index is 12.3. The van der Waals surface area contributed by atoms with Crippen LogP contribution >= 0.6 is 0 Å². The number of ketones is 1. The van der Waals surface area contributed by atoms with Crippen LogP contribution in [-0.2, 0) is 4.79 Å². The molecular weight excluding hydrogens is 414 g/mol. The van der Waals surface area contributed by atoms with Crippen molar-refractivity contribution in [1.29, 1.82) is 5.26 Å². The summed E-state index contributed by atoms with van der Waals surface area (Å²) in [6, 6.07) is 7.80. The fraction of sp³-hybridized carbons (Fsp3) is 0.250. The quantitative estimate of drug-likeness (QED) is 0.329. The number of carbonyl (C=O) groups is 2. The van der Waals surface area contributed by atoms with E-state index >= 15 is 0 Å². The predicted octanol–water partition coefficient (Wildman–Crippen LogP) is 1.44. The number of aromatic nitrogens is 5. The largest absolute Gasteiger partial charge is 0.480 e. The van der Waals surface area contributed by atoms with Gasteiger partial charge >= 0.3 is 0 Å². The molecule has 0 unspecified atom stereocenters. The molecular formula is C20H21N9O3. The van der Waals surface area contributed by atoms with E-state index in [9.17, 15) is 14.9 Å². The number of nitrogens with two attached hydrogens (primary N) is 1. The lowest BCUT2D eigenvalue weighted by molar-refractivity contribution is -0.119. The topological polar surface area (TPSA) is 174 Å². The fourth-order valence-electron chi connectivity index (χ4n) is 2.90. The van der Waals surface area contributed by atoms with Gasteiger partial charge in [0.25, 0.3) is 5.78 Å². The number of hydrogen-bond acceptors (Lipinski definition) is 10. The summed E-state index contributed by atoms with van der Waals surface area (Å²) in [5.74, 6) is -1.75. The number of methoxy groups -OCH3 is 1. The first-order valence-corrected chi connectivity index (χ1v) is 9.54. The number of nitrogens with zero attached hydrogens (tertiary/aromatic N) is 6. The second-order valence-electron chi connectivity index (χ2n) is 6.98. The number of nitriles is 1. The summed E-state index contributed by atoms with van der Waals surface area (Å²) >= 11 is 0. The maximum absolute atomic E-state index is 12.3. The molecule has 2 heterocycles. The first-order chi connectivity index (χ1) is 15.3. The van der Waals surface area contributed by atoms with Crippen LogP contribution in [0, 0.1) is 17.2 Å². The minimum Gasteiger partial charge on any atom is -0.480 e. The normalized spacial score (nSPS) is 11.5. The maximum Gasteiger partial charge on any atom is 0.271 e. The van der Waals surface area contributed by atoms with Crippen LogP contribution in [-0.4, -0.2) is 49.8 Å². The van der Waals surface area contributed by atoms with E-state index in [2.05, 4.69) is 30.8 Å². The smallest absolute Gasteiger partial charge is 0.271 e. The third kappa shape index (κ3) is 4.78. The van der Waals surface area contributed by atoms with Crippen molar-refractivity contribution in [3.8, 4) is 17.6 Å². The van der Waals surface area contributed by atoms with Crippen molar-refractivity contribution in [2.45, 2.75) is 19.9 Å². The van der Waals surface area contributed by atoms with E-state index in [0.717, 1.165) is 0 Å². The van der Waals surface area contributed by atoms with Gasteiger partial charge < -0.3 is 21.1 Å². The number of Topliss-reactive ketones (excluding diaryl/α,β-unsaturated/α-hetero) is 1. The molecule has 0 spiro atoms. The Morgan fingerprint density at radius 3 is 2.53 bits per heavy atom. The molecule has 12 nitrogen and oxygen atoms in total. The minimum absolute atomic E-state index is 0.00115. The van der Waals surface area contributed by atoms with Crippen molar-refractivity contribution in [2.75, 3.05) is 17.7 Å². The van der Waals surface area contributed by atoms with Gasteiger partial charge in [-0.25, -0.2) is 0 Å². The Morgan fingerprint density at radius 1 is 1.22 bits per heavy atom. The summed E-state index contributed by atoms with van der Waals surface area (Å²) in [5, 5.41) is 23.2. The molecule has 3 rings (SSSR count). The van der Waals surface area contributed by atoms with Crippen molar-refractivity contribution in [3.63, 3.8) is 0 Å². The van der Waals surface area contributed by atoms with Crippen LogP contribution in [0.2, 0.25) is 0 Å². The summed E-state index contributed by atoms with van der Waals surface area (Å²) in [4.78, 5) is 34.0. The zero-order chi connectivity index (χ0) is 23.3. The van der Waals surface area contributed by atoms with Crippen molar-refractivity contribution in [1.82, 2.24) is 25.0 Å². The molecule has 1 atom stereocenters. The number of benzene rings is 1. The van der Waals surface area contributed by atoms with Crippen LogP contribution in [0.1, 0.15) is 24.2 Å². The number of rotatable bonds is 9. The van der Waals surface area contributed by atoms with Gasteiger partial charge in [0.1, 0.15) is 17.7 Å². The molecule has 4 N–H and O–H groups in total. The van der Waals surface area contributed by atoms with Crippen LogP contribution in [0.25, 0.3) is 5.69 Å². The predicted molar refractivity (Wildman–Crippen MR) is 115 cm³/mol. The van der Waals surface area contributed by atoms with Crippen LogP contribution < -0.4 is 21.1 Å². The third-order valence-electron chi connectivity index (χ3n) is 4.41. The van der Waals surface area contributed by atoms with E-state index in [0.29, 0.717) is 11.4 Å². The highest BCUT2D eigenvalue weighted by Gasteiger charge is 2.25. The van der Waals surface area contributed by atoms with E-state index in [1.807, 2.05) is 0 Å². The molecule has 0 aliphatic carbocycles. The average Bonchev–Trinajstić information content (AvgIpc) is 3.31. The Hall–Kier alpha value is -4.53. The van der Waals surface area contributed by atoms with E-state index in [1.54, 1.807) is 56.6 Å². The second kappa shape index (κ2) is 9.52. The summed E-state index contributed by atoms with van der Waals surface area (Å²) in [6.07, 6.45) is 3.09. The Balaban J connectivity index is 2.06. The van der Waals surface area contributed by atoms with E-state index in [-0.39, 0.29) is 29.1 Å². The average molecular weight is 435 g/mol. The van der Waals surface area contributed by atoms with Gasteiger partial charge in [-0.15, -0.1) is 0 Å². The molecule has 0 aliphatic rings. The first kappa shape index (κ1) is 22.2. The first-order valence-electron chi connectivity index (χ1n) is 9.54. The third-order valence-corrected chi connectivity index (χ3v) is 4.41. The molecule has 2 aromatic heterocycles. The van der Waals surface area contributed by atoms with Gasteiger partial charge in [0.05, 0.1) is 25.2 Å². The fourth-order valence-corrected chi connectivity index (χ4v) is 2.90. The second-order valence-corrected chi connectivity index (χ2v) is 6.98. The van der Waals surface area contributed by atoms with Crippen molar-refractivity contribution in [3.05, 3.63) is 42.2 Å². The van der Waals surface area contributed by atoms with Crippen LogP contribution in [0.5, 0.6) is 5.88 Å². The molecule has 1 aromatic carbocycles. The molecule has 164 valence electrons. The van der Waals surface area contributed by atoms with Crippen LogP contribution in [0.3, 0.4) is 0 Å². The lowest BCUT2D eigenvalue weighted by atomic mass is 10.0. The Labute approximate surface area is 183 Å².